The Hall–Kier alpha value is -2.99. The monoisotopic (exact) mass is 395 g/mol. The van der Waals surface area contributed by atoms with Gasteiger partial charge in [0.15, 0.2) is 5.78 Å². The first kappa shape index (κ1) is 19.8. The fourth-order valence-corrected chi connectivity index (χ4v) is 3.38. The molecule has 3 aromatic rings. The van der Waals surface area contributed by atoms with Gasteiger partial charge in [-0.25, -0.2) is 9.37 Å². The van der Waals surface area contributed by atoms with E-state index in [1.54, 1.807) is 36.5 Å². The van der Waals surface area contributed by atoms with Crippen LogP contribution in [0.4, 0.5) is 4.39 Å². The number of benzene rings is 2. The number of pyridine rings is 1. The molecule has 0 N–H and O–H groups in total. The van der Waals surface area contributed by atoms with Crippen LogP contribution >= 0.6 is 11.8 Å². The maximum atomic E-state index is 13.0. The summed E-state index contributed by atoms with van der Waals surface area (Å²) in [7, 11) is 0. The lowest BCUT2D eigenvalue weighted by Gasteiger charge is -2.08. The molecular formula is C22H18FNO3S. The molecule has 0 saturated carbocycles. The number of carbonyl (C=O) groups excluding carboxylic acids is 2. The summed E-state index contributed by atoms with van der Waals surface area (Å²) in [6, 6.07) is 16.8. The molecule has 0 aliphatic carbocycles. The quantitative estimate of drug-likeness (QED) is 0.247. The van der Waals surface area contributed by atoms with E-state index in [-0.39, 0.29) is 24.0 Å². The number of para-hydroxylation sites is 1. The van der Waals surface area contributed by atoms with Crippen molar-refractivity contribution < 1.29 is 18.7 Å². The number of thioether (sulfide) groups is 1. The average molecular weight is 395 g/mol. The van der Waals surface area contributed by atoms with Crippen LogP contribution in [0, 0.1) is 5.82 Å². The lowest BCUT2D eigenvalue weighted by molar-refractivity contribution is -0.131. The summed E-state index contributed by atoms with van der Waals surface area (Å²) in [6.45, 7) is 1.37. The van der Waals surface area contributed by atoms with Crippen LogP contribution in [-0.2, 0) is 17.0 Å². The van der Waals surface area contributed by atoms with Crippen molar-refractivity contribution in [3.05, 3.63) is 89.4 Å². The van der Waals surface area contributed by atoms with Crippen molar-refractivity contribution in [2.45, 2.75) is 24.1 Å². The van der Waals surface area contributed by atoms with Gasteiger partial charge in [0, 0.05) is 36.4 Å². The van der Waals surface area contributed by atoms with Crippen molar-refractivity contribution in [3.8, 4) is 5.75 Å². The molecule has 142 valence electrons. The Bertz CT molecular complexity index is 972. The van der Waals surface area contributed by atoms with Crippen molar-refractivity contribution in [2.75, 3.05) is 0 Å². The molecule has 0 bridgehead atoms. The molecule has 0 atom stereocenters. The van der Waals surface area contributed by atoms with Crippen LogP contribution in [0.25, 0.3) is 0 Å². The highest BCUT2D eigenvalue weighted by molar-refractivity contribution is 7.98. The third-order valence-corrected chi connectivity index (χ3v) is 4.93. The van der Waals surface area contributed by atoms with E-state index in [4.69, 9.17) is 4.74 Å². The molecule has 0 spiro atoms. The Morgan fingerprint density at radius 3 is 2.46 bits per heavy atom. The van der Waals surface area contributed by atoms with Gasteiger partial charge in [-0.3, -0.25) is 9.59 Å². The van der Waals surface area contributed by atoms with E-state index in [1.807, 2.05) is 18.2 Å². The molecule has 4 nitrogen and oxygen atoms in total. The second-order valence-electron chi connectivity index (χ2n) is 6.10. The molecule has 0 amide bonds. The number of rotatable bonds is 7. The maximum Gasteiger partial charge on any atom is 0.308 e. The maximum absolute atomic E-state index is 13.0. The Labute approximate surface area is 166 Å². The lowest BCUT2D eigenvalue weighted by atomic mass is 10.0. The van der Waals surface area contributed by atoms with Crippen LogP contribution in [0.15, 0.2) is 71.9 Å². The van der Waals surface area contributed by atoms with Crippen molar-refractivity contribution in [1.29, 1.82) is 0 Å². The van der Waals surface area contributed by atoms with Crippen LogP contribution in [0.1, 0.15) is 28.4 Å². The number of esters is 1. The lowest BCUT2D eigenvalue weighted by Crippen LogP contribution is -2.04. The molecule has 3 rings (SSSR count). The van der Waals surface area contributed by atoms with Gasteiger partial charge in [-0.2, -0.15) is 0 Å². The highest BCUT2D eigenvalue weighted by atomic mass is 32.2. The predicted molar refractivity (Wildman–Crippen MR) is 106 cm³/mol. The van der Waals surface area contributed by atoms with Gasteiger partial charge in [-0.1, -0.05) is 30.3 Å². The molecular weight excluding hydrogens is 377 g/mol. The molecule has 2 aromatic carbocycles. The summed E-state index contributed by atoms with van der Waals surface area (Å²) >= 11 is 1.49. The summed E-state index contributed by atoms with van der Waals surface area (Å²) < 4.78 is 18.2. The second-order valence-corrected chi connectivity index (χ2v) is 7.10. The van der Waals surface area contributed by atoms with Gasteiger partial charge in [0.1, 0.15) is 11.6 Å². The highest BCUT2D eigenvalue weighted by Gasteiger charge is 2.10. The van der Waals surface area contributed by atoms with Crippen molar-refractivity contribution in [3.63, 3.8) is 0 Å². The fraction of sp³-hybridized carbons (Fsp3) is 0.136. The molecule has 1 heterocycles. The largest absolute Gasteiger partial charge is 0.426 e. The minimum atomic E-state index is -0.361. The minimum absolute atomic E-state index is 0.0733. The third kappa shape index (κ3) is 5.50. The number of nitrogens with zero attached hydrogens (tertiary/aromatic N) is 1. The molecule has 0 aliphatic rings. The number of carbonyl (C=O) groups is 2. The first-order valence-electron chi connectivity index (χ1n) is 8.64. The van der Waals surface area contributed by atoms with Crippen LogP contribution in [-0.4, -0.2) is 16.7 Å². The molecule has 0 unspecified atom stereocenters. The topological polar surface area (TPSA) is 56.3 Å². The predicted octanol–water partition coefficient (Wildman–Crippen LogP) is 4.86. The van der Waals surface area contributed by atoms with Crippen molar-refractivity contribution >= 4 is 23.5 Å². The van der Waals surface area contributed by atoms with E-state index < -0.39 is 0 Å². The van der Waals surface area contributed by atoms with Gasteiger partial charge in [-0.15, -0.1) is 11.8 Å². The first-order valence-corrected chi connectivity index (χ1v) is 9.62. The van der Waals surface area contributed by atoms with E-state index in [1.165, 1.54) is 30.8 Å². The molecule has 1 aromatic heterocycles. The number of ether oxygens (including phenoxy) is 1. The Morgan fingerprint density at radius 2 is 1.79 bits per heavy atom. The fourth-order valence-electron chi connectivity index (χ4n) is 2.55. The average Bonchev–Trinajstić information content (AvgIpc) is 2.69. The number of hydrogen-bond acceptors (Lipinski definition) is 5. The highest BCUT2D eigenvalue weighted by Crippen LogP contribution is 2.27. The minimum Gasteiger partial charge on any atom is -0.426 e. The number of Topliss-reactive ketones (excluding diaryl/α,β-unsaturated/α-hetero) is 1. The van der Waals surface area contributed by atoms with Crippen molar-refractivity contribution in [2.24, 2.45) is 0 Å². The van der Waals surface area contributed by atoms with Gasteiger partial charge in [0.2, 0.25) is 0 Å². The summed E-state index contributed by atoms with van der Waals surface area (Å²) in [6.07, 6.45) is 1.75. The van der Waals surface area contributed by atoms with Gasteiger partial charge >= 0.3 is 5.97 Å². The van der Waals surface area contributed by atoms with Crippen molar-refractivity contribution in [1.82, 2.24) is 4.98 Å². The van der Waals surface area contributed by atoms with Crippen LogP contribution in [0.5, 0.6) is 5.75 Å². The smallest absolute Gasteiger partial charge is 0.308 e. The number of aromatic nitrogens is 1. The second kappa shape index (κ2) is 9.28. The summed E-state index contributed by atoms with van der Waals surface area (Å²) in [4.78, 5) is 27.9. The van der Waals surface area contributed by atoms with E-state index >= 15 is 0 Å². The summed E-state index contributed by atoms with van der Waals surface area (Å²) in [5.41, 5.74) is 2.15. The number of ketones is 1. The van der Waals surface area contributed by atoms with Crippen LogP contribution in [0.3, 0.4) is 0 Å². The molecule has 0 aliphatic heterocycles. The molecule has 6 heteroatoms. The van der Waals surface area contributed by atoms with Gasteiger partial charge < -0.3 is 4.74 Å². The Morgan fingerprint density at radius 1 is 1.04 bits per heavy atom. The standard InChI is InChI=1S/C22H18FNO3S/c1-15(25)27-21-5-3-2-4-18(21)14-28-22-11-8-17(13-24-22)20(26)12-16-6-9-19(23)10-7-16/h2-11,13H,12,14H2,1H3. The Balaban J connectivity index is 1.61. The molecule has 0 saturated heterocycles. The molecule has 28 heavy (non-hydrogen) atoms. The normalized spacial score (nSPS) is 10.5. The van der Waals surface area contributed by atoms with Gasteiger partial charge in [-0.05, 0) is 35.9 Å². The van der Waals surface area contributed by atoms with Crippen LogP contribution < -0.4 is 4.74 Å². The number of hydrogen-bond donors (Lipinski definition) is 0. The van der Waals surface area contributed by atoms with E-state index in [9.17, 15) is 14.0 Å². The molecule has 0 radical (unpaired) electrons. The summed E-state index contributed by atoms with van der Waals surface area (Å²) in [5.74, 6) is 0.359. The van der Waals surface area contributed by atoms with Crippen LogP contribution in [0.2, 0.25) is 0 Å². The zero-order valence-electron chi connectivity index (χ0n) is 15.2. The van der Waals surface area contributed by atoms with E-state index in [0.717, 1.165) is 16.2 Å². The number of halogens is 1. The Kier molecular flexibility index (Phi) is 6.55. The zero-order valence-corrected chi connectivity index (χ0v) is 16.0. The summed E-state index contributed by atoms with van der Waals surface area (Å²) in [5, 5.41) is 0.760. The van der Waals surface area contributed by atoms with E-state index in [0.29, 0.717) is 17.1 Å². The SMILES string of the molecule is CC(=O)Oc1ccccc1CSc1ccc(C(=O)Cc2ccc(F)cc2)cn1. The third-order valence-electron chi connectivity index (χ3n) is 3.94. The zero-order chi connectivity index (χ0) is 19.9. The van der Waals surface area contributed by atoms with Gasteiger partial charge in [0.05, 0.1) is 5.03 Å². The first-order chi connectivity index (χ1) is 13.5. The van der Waals surface area contributed by atoms with E-state index in [2.05, 4.69) is 4.98 Å². The molecule has 0 fully saturated rings. The van der Waals surface area contributed by atoms with Gasteiger partial charge in [0.25, 0.3) is 0 Å².